The third-order valence-corrected chi connectivity index (χ3v) is 3.84. The molecule has 0 spiro atoms. The van der Waals surface area contributed by atoms with Gasteiger partial charge in [-0.25, -0.2) is 0 Å². The van der Waals surface area contributed by atoms with Gasteiger partial charge in [-0.3, -0.25) is 9.36 Å². The molecule has 124 valence electrons. The second kappa shape index (κ2) is 5.70. The zero-order chi connectivity index (χ0) is 17.5. The first-order chi connectivity index (χ1) is 11.3. The van der Waals surface area contributed by atoms with E-state index in [1.165, 1.54) is 44.4 Å². The molecule has 1 aromatic heterocycles. The molecule has 24 heavy (non-hydrogen) atoms. The summed E-state index contributed by atoms with van der Waals surface area (Å²) in [6.45, 7) is 1.25. The van der Waals surface area contributed by atoms with Gasteiger partial charge in [0, 0.05) is 12.3 Å². The predicted molar refractivity (Wildman–Crippen MR) is 85.2 cm³/mol. The highest BCUT2D eigenvalue weighted by atomic mass is 19.4. The van der Waals surface area contributed by atoms with Crippen LogP contribution in [0.2, 0.25) is 0 Å². The van der Waals surface area contributed by atoms with Gasteiger partial charge in [-0.1, -0.05) is 18.2 Å². The first kappa shape index (κ1) is 16.1. The van der Waals surface area contributed by atoms with Gasteiger partial charge in [-0.2, -0.15) is 13.2 Å². The molecule has 0 unspecified atom stereocenters. The van der Waals surface area contributed by atoms with E-state index in [2.05, 4.69) is 0 Å². The number of para-hydroxylation sites is 1. The number of rotatable bonds is 2. The highest BCUT2D eigenvalue weighted by Crippen LogP contribution is 2.44. The lowest BCUT2D eigenvalue weighted by Crippen LogP contribution is -2.11. The number of hydrogen-bond acceptors (Lipinski definition) is 2. The fraction of sp³-hybridized carbons (Fsp3) is 0.167. The number of halogens is 3. The van der Waals surface area contributed by atoms with Crippen LogP contribution in [-0.4, -0.2) is 17.6 Å². The Kier molecular flexibility index (Phi) is 3.83. The van der Waals surface area contributed by atoms with Crippen molar-refractivity contribution in [3.8, 4) is 17.0 Å². The van der Waals surface area contributed by atoms with Crippen LogP contribution in [-0.2, 0) is 6.18 Å². The molecule has 0 aliphatic carbocycles. The summed E-state index contributed by atoms with van der Waals surface area (Å²) in [7, 11) is 1.47. The number of carbonyl (C=O) groups excluding carboxylic acids is 1. The van der Waals surface area contributed by atoms with Crippen molar-refractivity contribution in [1.82, 2.24) is 4.57 Å². The van der Waals surface area contributed by atoms with Gasteiger partial charge in [-0.05, 0) is 35.9 Å². The van der Waals surface area contributed by atoms with Crippen LogP contribution in [0.5, 0.6) is 5.75 Å². The average molecular weight is 333 g/mol. The molecule has 0 saturated heterocycles. The van der Waals surface area contributed by atoms with Crippen molar-refractivity contribution >= 4 is 16.8 Å². The Morgan fingerprint density at radius 2 is 1.67 bits per heavy atom. The molecule has 0 radical (unpaired) electrons. The lowest BCUT2D eigenvalue weighted by molar-refractivity contribution is -0.135. The Hall–Kier alpha value is -2.76. The van der Waals surface area contributed by atoms with E-state index in [0.29, 0.717) is 11.3 Å². The fourth-order valence-corrected chi connectivity index (χ4v) is 2.88. The largest absolute Gasteiger partial charge is 0.497 e. The van der Waals surface area contributed by atoms with Crippen LogP contribution in [0.15, 0.2) is 48.5 Å². The minimum absolute atomic E-state index is 0.00557. The molecule has 3 rings (SSSR count). The molecule has 0 fully saturated rings. The summed E-state index contributed by atoms with van der Waals surface area (Å²) in [5.74, 6) is 0.0466. The van der Waals surface area contributed by atoms with Crippen molar-refractivity contribution < 1.29 is 22.7 Å². The van der Waals surface area contributed by atoms with E-state index in [9.17, 15) is 18.0 Å². The molecule has 0 aliphatic rings. The van der Waals surface area contributed by atoms with Crippen molar-refractivity contribution in [2.24, 2.45) is 0 Å². The van der Waals surface area contributed by atoms with Gasteiger partial charge in [0.15, 0.2) is 0 Å². The van der Waals surface area contributed by atoms with E-state index in [1.54, 1.807) is 18.2 Å². The smallest absolute Gasteiger partial charge is 0.419 e. The van der Waals surface area contributed by atoms with Crippen LogP contribution in [0.3, 0.4) is 0 Å². The maximum absolute atomic E-state index is 13.7. The van der Waals surface area contributed by atoms with E-state index in [0.717, 1.165) is 4.57 Å². The first-order valence-corrected chi connectivity index (χ1v) is 7.20. The van der Waals surface area contributed by atoms with Gasteiger partial charge < -0.3 is 4.74 Å². The standard InChI is InChI=1S/C18H14F3NO2/c1-11(23)22-15-6-4-3-5-14(15)16(18(19,20)21)17(22)12-7-9-13(24-2)10-8-12/h3-10H,1-2H3. The second-order valence-electron chi connectivity index (χ2n) is 5.32. The molecule has 2 aromatic carbocycles. The Bertz CT molecular complexity index is 908. The number of carbonyl (C=O) groups is 1. The van der Waals surface area contributed by atoms with E-state index in [-0.39, 0.29) is 16.6 Å². The summed E-state index contributed by atoms with van der Waals surface area (Å²) in [6.07, 6.45) is -4.59. The van der Waals surface area contributed by atoms with Crippen LogP contribution < -0.4 is 4.74 Å². The van der Waals surface area contributed by atoms with Gasteiger partial charge in [0.25, 0.3) is 0 Å². The fourth-order valence-electron chi connectivity index (χ4n) is 2.88. The van der Waals surface area contributed by atoms with Crippen LogP contribution in [0, 0.1) is 0 Å². The molecule has 0 aliphatic heterocycles. The lowest BCUT2D eigenvalue weighted by Gasteiger charge is -2.12. The normalized spacial score (nSPS) is 11.7. The quantitative estimate of drug-likeness (QED) is 0.661. The number of benzene rings is 2. The molecule has 0 atom stereocenters. The third kappa shape index (κ3) is 2.54. The van der Waals surface area contributed by atoms with E-state index < -0.39 is 17.6 Å². The topological polar surface area (TPSA) is 31.2 Å². The van der Waals surface area contributed by atoms with Crippen LogP contribution in [0.4, 0.5) is 13.2 Å². The minimum Gasteiger partial charge on any atom is -0.497 e. The number of nitrogens with zero attached hydrogens (tertiary/aromatic N) is 1. The second-order valence-corrected chi connectivity index (χ2v) is 5.32. The lowest BCUT2D eigenvalue weighted by atomic mass is 10.0. The Labute approximate surface area is 136 Å². The third-order valence-electron chi connectivity index (χ3n) is 3.84. The zero-order valence-electron chi connectivity index (χ0n) is 13.0. The van der Waals surface area contributed by atoms with E-state index in [1.807, 2.05) is 0 Å². The van der Waals surface area contributed by atoms with E-state index >= 15 is 0 Å². The monoisotopic (exact) mass is 333 g/mol. The number of methoxy groups -OCH3 is 1. The summed E-state index contributed by atoms with van der Waals surface area (Å²) >= 11 is 0. The Morgan fingerprint density at radius 1 is 1.04 bits per heavy atom. The summed E-state index contributed by atoms with van der Waals surface area (Å²) < 4.78 is 47.4. The molecule has 3 nitrogen and oxygen atoms in total. The maximum Gasteiger partial charge on any atom is 0.419 e. The van der Waals surface area contributed by atoms with Crippen molar-refractivity contribution in [3.63, 3.8) is 0 Å². The van der Waals surface area contributed by atoms with Gasteiger partial charge in [-0.15, -0.1) is 0 Å². The summed E-state index contributed by atoms with van der Waals surface area (Å²) in [4.78, 5) is 12.1. The first-order valence-electron chi connectivity index (χ1n) is 7.20. The number of alkyl halides is 3. The van der Waals surface area contributed by atoms with Gasteiger partial charge >= 0.3 is 6.18 Å². The van der Waals surface area contributed by atoms with E-state index in [4.69, 9.17) is 4.74 Å². The molecule has 1 heterocycles. The molecular weight excluding hydrogens is 319 g/mol. The highest BCUT2D eigenvalue weighted by Gasteiger charge is 2.39. The average Bonchev–Trinajstić information content (AvgIpc) is 2.90. The minimum atomic E-state index is -4.59. The van der Waals surface area contributed by atoms with Gasteiger partial charge in [0.2, 0.25) is 5.91 Å². The van der Waals surface area contributed by atoms with Gasteiger partial charge in [0.1, 0.15) is 5.75 Å². The number of hydrogen-bond donors (Lipinski definition) is 0. The number of aromatic nitrogens is 1. The molecular formula is C18H14F3NO2. The molecule has 3 aromatic rings. The van der Waals surface area contributed by atoms with Crippen LogP contribution in [0.1, 0.15) is 17.3 Å². The highest BCUT2D eigenvalue weighted by molar-refractivity contribution is 6.01. The molecule has 0 N–H and O–H groups in total. The number of fused-ring (bicyclic) bond motifs is 1. The van der Waals surface area contributed by atoms with Crippen molar-refractivity contribution in [3.05, 3.63) is 54.1 Å². The molecule has 0 amide bonds. The van der Waals surface area contributed by atoms with Gasteiger partial charge in [0.05, 0.1) is 23.9 Å². The van der Waals surface area contributed by atoms with Crippen LogP contribution in [0.25, 0.3) is 22.2 Å². The molecule has 0 saturated carbocycles. The zero-order valence-corrected chi connectivity index (χ0v) is 13.0. The molecule has 0 bridgehead atoms. The predicted octanol–water partition coefficient (Wildman–Crippen LogP) is 5.00. The van der Waals surface area contributed by atoms with Crippen molar-refractivity contribution in [1.29, 1.82) is 0 Å². The summed E-state index contributed by atoms with van der Waals surface area (Å²) in [5, 5.41) is 0.00557. The summed E-state index contributed by atoms with van der Waals surface area (Å²) in [6, 6.07) is 12.2. The Morgan fingerprint density at radius 3 is 2.21 bits per heavy atom. The maximum atomic E-state index is 13.7. The van der Waals surface area contributed by atoms with Crippen LogP contribution >= 0.6 is 0 Å². The van der Waals surface area contributed by atoms with Crippen molar-refractivity contribution in [2.75, 3.05) is 7.11 Å². The molecule has 6 heteroatoms. The number of ether oxygens (including phenoxy) is 1. The SMILES string of the molecule is COc1ccc(-c2c(C(F)(F)F)c3ccccc3n2C(C)=O)cc1. The Balaban J connectivity index is 2.43. The van der Waals surface area contributed by atoms with Crippen molar-refractivity contribution in [2.45, 2.75) is 13.1 Å². The summed E-state index contributed by atoms with van der Waals surface area (Å²) in [5.41, 5.74) is -0.421.